The average Bonchev–Trinajstić information content (AvgIpc) is 3.52. The van der Waals surface area contributed by atoms with Gasteiger partial charge in [0.25, 0.3) is 0 Å². The number of halogens is 3. The van der Waals surface area contributed by atoms with Crippen molar-refractivity contribution < 1.29 is 26.3 Å². The second-order valence-corrected chi connectivity index (χ2v) is 9.70. The second-order valence-electron chi connectivity index (χ2n) is 7.62. The van der Waals surface area contributed by atoms with E-state index in [-0.39, 0.29) is 23.7 Å². The van der Waals surface area contributed by atoms with E-state index >= 15 is 0 Å². The summed E-state index contributed by atoms with van der Waals surface area (Å²) in [7, 11) is -3.88. The molecule has 0 radical (unpaired) electrons. The molecule has 0 unspecified atom stereocenters. The molecule has 31 heavy (non-hydrogen) atoms. The third-order valence-electron chi connectivity index (χ3n) is 5.47. The highest BCUT2D eigenvalue weighted by Crippen LogP contribution is 2.50. The second kappa shape index (κ2) is 8.98. The van der Waals surface area contributed by atoms with Gasteiger partial charge < -0.3 is 10.1 Å². The summed E-state index contributed by atoms with van der Waals surface area (Å²) >= 11 is 0. The number of rotatable bonds is 2. The van der Waals surface area contributed by atoms with E-state index in [0.717, 1.165) is 6.07 Å². The largest absolute Gasteiger partial charge is 0.491 e. The topological polar surface area (TPSA) is 67.4 Å². The van der Waals surface area contributed by atoms with Crippen molar-refractivity contribution in [1.29, 1.82) is 0 Å². The smallest absolute Gasteiger partial charge is 0.238 e. The van der Waals surface area contributed by atoms with E-state index in [2.05, 4.69) is 10.0 Å². The van der Waals surface area contributed by atoms with Crippen molar-refractivity contribution in [3.05, 3.63) is 47.3 Å². The number of aryl methyl sites for hydroxylation is 1. The minimum absolute atomic E-state index is 0.111. The van der Waals surface area contributed by atoms with E-state index in [4.69, 9.17) is 4.74 Å². The van der Waals surface area contributed by atoms with Crippen LogP contribution >= 0.6 is 0 Å². The monoisotopic (exact) mass is 456 g/mol. The molecule has 1 spiro atoms. The van der Waals surface area contributed by atoms with Crippen molar-refractivity contribution in [2.24, 2.45) is 0 Å². The number of nitrogens with one attached hydrogen (secondary N) is 2. The van der Waals surface area contributed by atoms with Crippen LogP contribution in [0.4, 0.5) is 30.2 Å². The highest BCUT2D eigenvalue weighted by molar-refractivity contribution is 7.94. The van der Waals surface area contributed by atoms with Crippen LogP contribution in [0.25, 0.3) is 0 Å². The van der Waals surface area contributed by atoms with Crippen molar-refractivity contribution in [2.45, 2.75) is 57.6 Å². The van der Waals surface area contributed by atoms with Crippen LogP contribution in [0, 0.1) is 24.4 Å². The summed E-state index contributed by atoms with van der Waals surface area (Å²) in [5.74, 6) is -3.36. The van der Waals surface area contributed by atoms with Gasteiger partial charge in [-0.3, -0.25) is 4.72 Å². The molecule has 2 aromatic carbocycles. The minimum atomic E-state index is -3.88. The van der Waals surface area contributed by atoms with Crippen LogP contribution < -0.4 is 14.8 Å². The van der Waals surface area contributed by atoms with Crippen LogP contribution in [-0.4, -0.2) is 19.8 Å². The Morgan fingerprint density at radius 1 is 1.03 bits per heavy atom. The molecule has 1 aliphatic heterocycles. The first-order valence-electron chi connectivity index (χ1n) is 10.4. The van der Waals surface area contributed by atoms with Gasteiger partial charge in [-0.15, -0.1) is 0 Å². The lowest BCUT2D eigenvalue weighted by Crippen LogP contribution is -2.31. The Kier molecular flexibility index (Phi) is 6.73. The molecule has 1 fully saturated rings. The first-order chi connectivity index (χ1) is 14.7. The fourth-order valence-corrected chi connectivity index (χ4v) is 5.30. The van der Waals surface area contributed by atoms with E-state index in [1.807, 2.05) is 13.8 Å². The fourth-order valence-electron chi connectivity index (χ4n) is 3.56. The lowest BCUT2D eigenvalue weighted by molar-refractivity contribution is 0.303. The standard InChI is InChI=1S/C20H21F3N2O3S.C2H6/c1-12-4-5-15(13(21)10-12)24-19-17(23)14(22)11-16-18(19)25-29(26,27)20(7-8-20)6-2-3-9-28-16;1-2/h4-5,10-11,24-25H,2-3,6-9H2,1H3;1-2H3. The average molecular weight is 457 g/mol. The lowest BCUT2D eigenvalue weighted by atomic mass is 10.1. The first kappa shape index (κ1) is 23.2. The fraction of sp³-hybridized carbons (Fsp3) is 0.455. The van der Waals surface area contributed by atoms with E-state index < -0.39 is 37.9 Å². The number of hydrogen-bond acceptors (Lipinski definition) is 4. The molecule has 1 aliphatic carbocycles. The maximum atomic E-state index is 14.7. The van der Waals surface area contributed by atoms with Crippen LogP contribution in [-0.2, 0) is 10.0 Å². The van der Waals surface area contributed by atoms with Gasteiger partial charge in [-0.1, -0.05) is 19.9 Å². The molecule has 0 saturated heterocycles. The molecule has 1 saturated carbocycles. The summed E-state index contributed by atoms with van der Waals surface area (Å²) in [6.07, 6.45) is 2.74. The van der Waals surface area contributed by atoms with E-state index in [1.54, 1.807) is 13.0 Å². The van der Waals surface area contributed by atoms with Gasteiger partial charge in [-0.25, -0.2) is 21.6 Å². The number of hydrogen-bond donors (Lipinski definition) is 2. The number of anilines is 3. The highest BCUT2D eigenvalue weighted by Gasteiger charge is 2.54. The van der Waals surface area contributed by atoms with Gasteiger partial charge in [-0.2, -0.15) is 0 Å². The molecule has 0 bridgehead atoms. The van der Waals surface area contributed by atoms with E-state index in [9.17, 15) is 21.6 Å². The van der Waals surface area contributed by atoms with Crippen molar-refractivity contribution >= 4 is 27.1 Å². The third-order valence-corrected chi connectivity index (χ3v) is 7.69. The molecule has 2 aliphatic rings. The van der Waals surface area contributed by atoms with Crippen molar-refractivity contribution in [3.8, 4) is 5.75 Å². The zero-order chi connectivity index (χ0) is 22.8. The van der Waals surface area contributed by atoms with Crippen molar-refractivity contribution in [3.63, 3.8) is 0 Å². The summed E-state index contributed by atoms with van der Waals surface area (Å²) in [5, 5.41) is 2.51. The maximum absolute atomic E-state index is 14.7. The highest BCUT2D eigenvalue weighted by atomic mass is 32.2. The molecule has 0 atom stereocenters. The van der Waals surface area contributed by atoms with Gasteiger partial charge >= 0.3 is 0 Å². The Morgan fingerprint density at radius 2 is 1.74 bits per heavy atom. The van der Waals surface area contributed by atoms with E-state index in [0.29, 0.717) is 37.7 Å². The molecule has 1 heterocycles. The zero-order valence-corrected chi connectivity index (χ0v) is 18.6. The van der Waals surface area contributed by atoms with Crippen LogP contribution in [0.3, 0.4) is 0 Å². The summed E-state index contributed by atoms with van der Waals surface area (Å²) in [4.78, 5) is 0. The molecule has 5 nitrogen and oxygen atoms in total. The predicted octanol–water partition coefficient (Wildman–Crippen LogP) is 6.02. The molecular formula is C22H27F3N2O3S. The van der Waals surface area contributed by atoms with E-state index in [1.165, 1.54) is 12.1 Å². The van der Waals surface area contributed by atoms with Crippen molar-refractivity contribution in [2.75, 3.05) is 16.6 Å². The number of benzene rings is 2. The molecule has 0 aromatic heterocycles. The minimum Gasteiger partial charge on any atom is -0.491 e. The summed E-state index contributed by atoms with van der Waals surface area (Å²) in [6.45, 7) is 5.92. The van der Waals surface area contributed by atoms with Crippen LogP contribution in [0.15, 0.2) is 24.3 Å². The number of ether oxygens (including phenoxy) is 1. The van der Waals surface area contributed by atoms with Crippen LogP contribution in [0.1, 0.15) is 51.5 Å². The Balaban J connectivity index is 0.00000132. The molecule has 9 heteroatoms. The molecular weight excluding hydrogens is 429 g/mol. The molecule has 170 valence electrons. The van der Waals surface area contributed by atoms with Crippen LogP contribution in [0.5, 0.6) is 5.75 Å². The Hall–Kier alpha value is -2.42. The van der Waals surface area contributed by atoms with Gasteiger partial charge in [0.15, 0.2) is 11.6 Å². The van der Waals surface area contributed by atoms with Crippen molar-refractivity contribution in [1.82, 2.24) is 0 Å². The first-order valence-corrected chi connectivity index (χ1v) is 11.9. The lowest BCUT2D eigenvalue weighted by Gasteiger charge is -2.24. The third kappa shape index (κ3) is 4.61. The van der Waals surface area contributed by atoms with Gasteiger partial charge in [-0.05, 0) is 56.7 Å². The van der Waals surface area contributed by atoms with Gasteiger partial charge in [0, 0.05) is 6.07 Å². The molecule has 0 amide bonds. The summed E-state index contributed by atoms with van der Waals surface area (Å²) in [5.41, 5.74) is -0.227. The Labute approximate surface area is 181 Å². The number of fused-ring (bicyclic) bond motifs is 1. The molecule has 2 N–H and O–H groups in total. The summed E-state index contributed by atoms with van der Waals surface area (Å²) < 4.78 is 76.3. The van der Waals surface area contributed by atoms with Gasteiger partial charge in [0.05, 0.1) is 17.0 Å². The maximum Gasteiger partial charge on any atom is 0.238 e. The van der Waals surface area contributed by atoms with Gasteiger partial charge in [0.1, 0.15) is 22.9 Å². The molecule has 2 aromatic rings. The zero-order valence-electron chi connectivity index (χ0n) is 17.8. The quantitative estimate of drug-likeness (QED) is 0.580. The molecule has 4 rings (SSSR count). The Bertz CT molecular complexity index is 1070. The normalized spacial score (nSPS) is 18.5. The SMILES string of the molecule is CC.Cc1ccc(Nc2c(F)c(F)cc3c2NS(=O)(=O)C2(CCCCO3)CC2)c(F)c1. The number of sulfonamides is 1. The van der Waals surface area contributed by atoms with Crippen LogP contribution in [0.2, 0.25) is 0 Å². The summed E-state index contributed by atoms with van der Waals surface area (Å²) in [6, 6.07) is 5.02. The predicted molar refractivity (Wildman–Crippen MR) is 116 cm³/mol. The Morgan fingerprint density at radius 3 is 2.39 bits per heavy atom. The van der Waals surface area contributed by atoms with Gasteiger partial charge in [0.2, 0.25) is 10.0 Å².